The van der Waals surface area contributed by atoms with Crippen molar-refractivity contribution in [3.05, 3.63) is 46.6 Å². The maximum atomic E-state index is 16.9. The molecular weight excluding hydrogens is 605 g/mol. The molecule has 2 aromatic carbocycles. The molecule has 12 heteroatoms. The number of ether oxygens (including phenoxy) is 1. The fourth-order valence-electron chi connectivity index (χ4n) is 7.67. The normalized spacial score (nSPS) is 27.1. The zero-order chi connectivity index (χ0) is 32.8. The number of rotatable bonds is 5. The van der Waals surface area contributed by atoms with Gasteiger partial charge >= 0.3 is 6.01 Å². The summed E-state index contributed by atoms with van der Waals surface area (Å²) in [4.78, 5) is 17.1. The Morgan fingerprint density at radius 1 is 1.16 bits per heavy atom. The van der Waals surface area contributed by atoms with Crippen molar-refractivity contribution in [3.63, 3.8) is 0 Å². The van der Waals surface area contributed by atoms with Crippen LogP contribution in [0.15, 0.2) is 24.3 Å². The number of aromatic nitrogens is 3. The van der Waals surface area contributed by atoms with E-state index in [1.165, 1.54) is 18.2 Å². The van der Waals surface area contributed by atoms with Crippen molar-refractivity contribution in [3.8, 4) is 35.4 Å². The van der Waals surface area contributed by atoms with E-state index in [4.69, 9.17) is 25.5 Å². The molecule has 4 aliphatic rings. The van der Waals surface area contributed by atoms with Crippen LogP contribution in [0.25, 0.3) is 32.9 Å². The Kier molecular flexibility index (Phi) is 6.22. The van der Waals surface area contributed by atoms with Gasteiger partial charge < -0.3 is 20.1 Å². The first kappa shape index (κ1) is 26.4. The van der Waals surface area contributed by atoms with Crippen LogP contribution in [0.5, 0.6) is 11.8 Å². The zero-order valence-corrected chi connectivity index (χ0v) is 24.8. The number of pyridine rings is 1. The predicted octanol–water partition coefficient (Wildman–Crippen LogP) is 5.36. The number of terminal acetylenes is 1. The standard InChI is InChI=1S/C33H30ClF3N6O2/c1-2-22-24(36)7-4-17-10-21(44)11-23(25(17)22)28-27(37)29-26(30(34)39-28)31(42-14-19-5-6-20(15-42)38-19)41-32(40-29)45-16-33-8-3-9-43(33)13-18(35)12-33/h1,4,7,10-11,18-20,38,44H,3,5-6,8-9,12-16H2/t18-,19-,20+,33+/m1/s1/i16D2. The third-order valence-electron chi connectivity index (χ3n) is 9.60. The number of hydrogen-bond acceptors (Lipinski definition) is 8. The Labute approximate surface area is 265 Å². The Morgan fingerprint density at radius 2 is 1.96 bits per heavy atom. The van der Waals surface area contributed by atoms with Gasteiger partial charge in [0.15, 0.2) is 5.82 Å². The largest absolute Gasteiger partial charge is 0.508 e. The molecule has 0 spiro atoms. The van der Waals surface area contributed by atoms with Crippen LogP contribution in [-0.2, 0) is 0 Å². The van der Waals surface area contributed by atoms with Gasteiger partial charge in [0, 0.05) is 49.1 Å². The first-order chi connectivity index (χ1) is 22.5. The number of nitrogens with one attached hydrogen (secondary N) is 1. The van der Waals surface area contributed by atoms with Crippen LogP contribution in [0.4, 0.5) is 19.0 Å². The summed E-state index contributed by atoms with van der Waals surface area (Å²) in [5, 5.41) is 14.5. The molecule has 2 bridgehead atoms. The van der Waals surface area contributed by atoms with E-state index >= 15 is 4.39 Å². The van der Waals surface area contributed by atoms with E-state index in [9.17, 15) is 13.9 Å². The molecule has 0 radical (unpaired) electrons. The Bertz CT molecular complexity index is 2000. The molecule has 8 rings (SSSR count). The lowest BCUT2D eigenvalue weighted by Crippen LogP contribution is -2.51. The van der Waals surface area contributed by atoms with Gasteiger partial charge in [-0.05, 0) is 55.8 Å². The van der Waals surface area contributed by atoms with Crippen LogP contribution in [-0.4, -0.2) is 81.5 Å². The SMILES string of the molecule is [2H]C([2H])(Oc1nc(N2C[C@H]3CC[C@@H](C2)N3)c2c(Cl)nc(-c3cc(O)cc4ccc(F)c(C#C)c34)c(F)c2n1)[C@@]12CCCN1C[C@H](F)C2. The second kappa shape index (κ2) is 10.6. The highest BCUT2D eigenvalue weighted by Gasteiger charge is 2.49. The minimum Gasteiger partial charge on any atom is -0.508 e. The van der Waals surface area contributed by atoms with Gasteiger partial charge in [0.25, 0.3) is 0 Å². The lowest BCUT2D eigenvalue weighted by atomic mass is 9.95. The van der Waals surface area contributed by atoms with Gasteiger partial charge in [-0.25, -0.2) is 18.2 Å². The molecule has 4 aromatic rings. The van der Waals surface area contributed by atoms with Gasteiger partial charge in [0.05, 0.1) is 19.2 Å². The van der Waals surface area contributed by atoms with Crippen LogP contribution >= 0.6 is 11.6 Å². The maximum absolute atomic E-state index is 16.9. The molecule has 8 nitrogen and oxygen atoms in total. The van der Waals surface area contributed by atoms with Crippen molar-refractivity contribution in [2.75, 3.05) is 37.6 Å². The number of phenols is 1. The number of halogens is 4. The van der Waals surface area contributed by atoms with E-state index in [0.29, 0.717) is 37.9 Å². The second-order valence-corrected chi connectivity index (χ2v) is 12.8. The van der Waals surface area contributed by atoms with E-state index in [0.717, 1.165) is 18.9 Å². The Morgan fingerprint density at radius 3 is 2.73 bits per heavy atom. The minimum absolute atomic E-state index is 0.00708. The highest BCUT2D eigenvalue weighted by atomic mass is 35.5. The molecule has 4 fully saturated rings. The number of phenolic OH excluding ortho intramolecular Hbond substituents is 1. The zero-order valence-electron chi connectivity index (χ0n) is 26.1. The minimum atomic E-state index is -2.42. The molecule has 0 amide bonds. The van der Waals surface area contributed by atoms with E-state index in [1.54, 1.807) is 4.90 Å². The molecule has 0 unspecified atom stereocenters. The number of fused-ring (bicyclic) bond motifs is 5. The first-order valence-corrected chi connectivity index (χ1v) is 15.4. The summed E-state index contributed by atoms with van der Waals surface area (Å²) in [6, 6.07) is 5.07. The number of aromatic hydroxyl groups is 1. The molecule has 2 aromatic heterocycles. The molecule has 2 N–H and O–H groups in total. The molecule has 45 heavy (non-hydrogen) atoms. The van der Waals surface area contributed by atoms with Crippen LogP contribution in [0.3, 0.4) is 0 Å². The molecule has 4 saturated heterocycles. The summed E-state index contributed by atoms with van der Waals surface area (Å²) in [5.41, 5.74) is -2.02. The molecule has 232 valence electrons. The summed E-state index contributed by atoms with van der Waals surface area (Å²) in [5.74, 6) is 0.630. The van der Waals surface area contributed by atoms with Crippen molar-refractivity contribution in [2.45, 2.75) is 55.9 Å². The van der Waals surface area contributed by atoms with E-state index < -0.39 is 35.9 Å². The third-order valence-corrected chi connectivity index (χ3v) is 9.88. The van der Waals surface area contributed by atoms with Gasteiger partial charge in [-0.15, -0.1) is 6.42 Å². The molecule has 0 aliphatic carbocycles. The molecular formula is C33H30ClF3N6O2. The number of piperazine rings is 1. The summed E-state index contributed by atoms with van der Waals surface area (Å²) < 4.78 is 70.5. The lowest BCUT2D eigenvalue weighted by Gasteiger charge is -2.34. The average Bonchev–Trinajstić information content (AvgIpc) is 3.69. The van der Waals surface area contributed by atoms with Gasteiger partial charge in [-0.2, -0.15) is 9.97 Å². The number of anilines is 1. The monoisotopic (exact) mass is 636 g/mol. The molecule has 6 heterocycles. The van der Waals surface area contributed by atoms with Gasteiger partial charge in [0.1, 0.15) is 46.5 Å². The summed E-state index contributed by atoms with van der Waals surface area (Å²) in [6.07, 6.45) is 7.36. The third kappa shape index (κ3) is 4.65. The van der Waals surface area contributed by atoms with Gasteiger partial charge in [-0.1, -0.05) is 23.6 Å². The van der Waals surface area contributed by atoms with Crippen LogP contribution in [0.2, 0.25) is 5.15 Å². The lowest BCUT2D eigenvalue weighted by molar-refractivity contribution is 0.107. The molecule has 4 atom stereocenters. The van der Waals surface area contributed by atoms with E-state index in [2.05, 4.69) is 26.2 Å². The quantitative estimate of drug-likeness (QED) is 0.224. The topological polar surface area (TPSA) is 86.6 Å². The number of alkyl halides is 1. The van der Waals surface area contributed by atoms with Crippen molar-refractivity contribution in [1.82, 2.24) is 25.2 Å². The van der Waals surface area contributed by atoms with Crippen LogP contribution in [0.1, 0.15) is 40.4 Å². The van der Waals surface area contributed by atoms with Crippen molar-refractivity contribution >= 4 is 39.1 Å². The van der Waals surface area contributed by atoms with E-state index in [1.807, 2.05) is 4.90 Å². The van der Waals surface area contributed by atoms with Gasteiger partial charge in [-0.3, -0.25) is 4.90 Å². The highest BCUT2D eigenvalue weighted by molar-refractivity contribution is 6.35. The maximum Gasteiger partial charge on any atom is 0.319 e. The summed E-state index contributed by atoms with van der Waals surface area (Å²) in [6.45, 7) is -0.730. The highest BCUT2D eigenvalue weighted by Crippen LogP contribution is 2.43. The smallest absolute Gasteiger partial charge is 0.319 e. The van der Waals surface area contributed by atoms with Crippen molar-refractivity contribution in [2.24, 2.45) is 0 Å². The van der Waals surface area contributed by atoms with Gasteiger partial charge in [0.2, 0.25) is 0 Å². The summed E-state index contributed by atoms with van der Waals surface area (Å²) in [7, 11) is 0. The van der Waals surface area contributed by atoms with Crippen LogP contribution in [0, 0.1) is 24.0 Å². The summed E-state index contributed by atoms with van der Waals surface area (Å²) >= 11 is 6.83. The van der Waals surface area contributed by atoms with Crippen molar-refractivity contribution < 1.29 is 25.8 Å². The number of benzene rings is 2. The number of hydrogen-bond donors (Lipinski definition) is 2. The Hall–Kier alpha value is -3.85. The van der Waals surface area contributed by atoms with Crippen molar-refractivity contribution in [1.29, 1.82) is 0 Å². The fraction of sp³-hybridized carbons (Fsp3) is 0.424. The Balaban J connectivity index is 1.34. The average molecular weight is 637 g/mol. The molecule has 0 saturated carbocycles. The molecule has 4 aliphatic heterocycles. The number of nitrogens with zero attached hydrogens (tertiary/aromatic N) is 5. The predicted molar refractivity (Wildman–Crippen MR) is 166 cm³/mol. The van der Waals surface area contributed by atoms with E-state index in [-0.39, 0.29) is 74.9 Å². The van der Waals surface area contributed by atoms with Crippen LogP contribution < -0.4 is 15.0 Å². The first-order valence-electron chi connectivity index (χ1n) is 16.1. The second-order valence-electron chi connectivity index (χ2n) is 12.4. The fourth-order valence-corrected chi connectivity index (χ4v) is 7.93.